The quantitative estimate of drug-likeness (QED) is 0.250. The first-order chi connectivity index (χ1) is 21.4. The maximum atomic E-state index is 13.1. The topological polar surface area (TPSA) is 156 Å². The van der Waals surface area contributed by atoms with Crippen molar-refractivity contribution in [2.45, 2.75) is 11.8 Å². The molecule has 1 saturated heterocycles. The van der Waals surface area contributed by atoms with Crippen LogP contribution in [0.3, 0.4) is 0 Å². The van der Waals surface area contributed by atoms with E-state index in [4.69, 9.17) is 15.2 Å². The third-order valence-electron chi connectivity index (χ3n) is 7.31. The van der Waals surface area contributed by atoms with E-state index in [1.54, 1.807) is 31.3 Å². The Hall–Kier alpha value is -5.25. The molecule has 6 rings (SSSR count). The molecule has 0 bridgehead atoms. The van der Waals surface area contributed by atoms with Gasteiger partial charge in [-0.25, -0.2) is 18.4 Å². The lowest BCUT2D eigenvalue weighted by Gasteiger charge is -2.29. The molecule has 1 aliphatic heterocycles. The molecule has 0 spiro atoms. The molecule has 0 aliphatic carbocycles. The highest BCUT2D eigenvalue weighted by Crippen LogP contribution is 2.37. The van der Waals surface area contributed by atoms with Crippen LogP contribution in [0.4, 0.5) is 17.2 Å². The van der Waals surface area contributed by atoms with E-state index in [-0.39, 0.29) is 22.3 Å². The van der Waals surface area contributed by atoms with Crippen LogP contribution >= 0.6 is 0 Å². The molecule has 0 unspecified atom stereocenters. The second kappa shape index (κ2) is 12.2. The molecule has 1 aliphatic rings. The molecule has 0 radical (unpaired) electrons. The summed E-state index contributed by atoms with van der Waals surface area (Å²) in [4.78, 5) is 15.2. The van der Waals surface area contributed by atoms with Crippen molar-refractivity contribution in [3.8, 4) is 34.2 Å². The molecule has 222 valence electrons. The van der Waals surface area contributed by atoms with E-state index >= 15 is 0 Å². The molecule has 12 heteroatoms. The molecule has 3 N–H and O–H groups in total. The smallest absolute Gasteiger partial charge is 0.263 e. The van der Waals surface area contributed by atoms with Gasteiger partial charge in [0.1, 0.15) is 22.5 Å². The number of benzene rings is 2. The highest BCUT2D eigenvalue weighted by atomic mass is 32.2. The number of fused-ring (bicyclic) bond motifs is 1. The first-order valence-corrected chi connectivity index (χ1v) is 15.5. The SMILES string of the molecule is CCOc1ncc(-c2ccc3nc(N)c(-c4ccc(N5CCOCC5)cc4)c(C#N)c3c2)cc1NS(=O)(=O)c1cccnc1. The number of anilines is 3. The number of pyridine rings is 3. The van der Waals surface area contributed by atoms with E-state index in [0.717, 1.165) is 24.3 Å². The van der Waals surface area contributed by atoms with Gasteiger partial charge in [0.25, 0.3) is 10.0 Å². The van der Waals surface area contributed by atoms with Crippen LogP contribution in [0.5, 0.6) is 5.88 Å². The minimum atomic E-state index is -3.96. The highest BCUT2D eigenvalue weighted by molar-refractivity contribution is 7.92. The number of hydrogen-bond acceptors (Lipinski definition) is 10. The number of nitriles is 1. The van der Waals surface area contributed by atoms with Crippen molar-refractivity contribution in [2.75, 3.05) is 48.3 Å². The zero-order valence-electron chi connectivity index (χ0n) is 23.9. The lowest BCUT2D eigenvalue weighted by Crippen LogP contribution is -2.36. The van der Waals surface area contributed by atoms with Crippen LogP contribution in [-0.2, 0) is 14.8 Å². The maximum Gasteiger partial charge on any atom is 0.263 e. The van der Waals surface area contributed by atoms with Crippen molar-refractivity contribution < 1.29 is 17.9 Å². The molecule has 0 saturated carbocycles. The summed E-state index contributed by atoms with van der Waals surface area (Å²) in [6.45, 7) is 5.08. The summed E-state index contributed by atoms with van der Waals surface area (Å²) in [5.74, 6) is 0.398. The number of rotatable bonds is 8. The van der Waals surface area contributed by atoms with Crippen LogP contribution in [0.25, 0.3) is 33.2 Å². The molecule has 3 aromatic heterocycles. The molecule has 0 atom stereocenters. The average molecular weight is 608 g/mol. The van der Waals surface area contributed by atoms with Gasteiger partial charge in [0.05, 0.1) is 30.9 Å². The molecule has 2 aromatic carbocycles. The minimum Gasteiger partial charge on any atom is -0.476 e. The van der Waals surface area contributed by atoms with Gasteiger partial charge in [-0.1, -0.05) is 18.2 Å². The highest BCUT2D eigenvalue weighted by Gasteiger charge is 2.20. The molecular formula is C32H29N7O4S. The number of ether oxygens (including phenoxy) is 2. The number of aromatic nitrogens is 3. The number of sulfonamides is 1. The summed E-state index contributed by atoms with van der Waals surface area (Å²) in [5, 5.41) is 10.9. The van der Waals surface area contributed by atoms with Gasteiger partial charge in [-0.15, -0.1) is 0 Å². The van der Waals surface area contributed by atoms with E-state index in [2.05, 4.69) is 30.6 Å². The third kappa shape index (κ3) is 5.70. The second-order valence-corrected chi connectivity index (χ2v) is 11.7. The zero-order valence-corrected chi connectivity index (χ0v) is 24.7. The Kier molecular flexibility index (Phi) is 7.97. The summed E-state index contributed by atoms with van der Waals surface area (Å²) in [6.07, 6.45) is 4.35. The third-order valence-corrected chi connectivity index (χ3v) is 8.66. The Bertz CT molecular complexity index is 1970. The van der Waals surface area contributed by atoms with E-state index in [1.807, 2.05) is 36.4 Å². The molecule has 0 amide bonds. The van der Waals surface area contributed by atoms with Crippen LogP contribution in [-0.4, -0.2) is 56.3 Å². The predicted molar refractivity (Wildman–Crippen MR) is 169 cm³/mol. The predicted octanol–water partition coefficient (Wildman–Crippen LogP) is 4.85. The number of morpholine rings is 1. The molecule has 5 aromatic rings. The molecule has 1 fully saturated rings. The van der Waals surface area contributed by atoms with Crippen molar-refractivity contribution in [3.63, 3.8) is 0 Å². The van der Waals surface area contributed by atoms with Crippen molar-refractivity contribution in [3.05, 3.63) is 84.8 Å². The van der Waals surface area contributed by atoms with Gasteiger partial charge in [-0.3, -0.25) is 9.71 Å². The Morgan fingerprint density at radius 2 is 1.82 bits per heavy atom. The van der Waals surface area contributed by atoms with Crippen LogP contribution in [0.2, 0.25) is 0 Å². The van der Waals surface area contributed by atoms with Crippen LogP contribution in [0.15, 0.2) is 84.1 Å². The second-order valence-electron chi connectivity index (χ2n) is 10.0. The Balaban J connectivity index is 1.40. The van der Waals surface area contributed by atoms with Gasteiger partial charge < -0.3 is 20.1 Å². The molecular weight excluding hydrogens is 578 g/mol. The zero-order chi connectivity index (χ0) is 30.7. The molecule has 44 heavy (non-hydrogen) atoms. The summed E-state index contributed by atoms with van der Waals surface area (Å²) >= 11 is 0. The van der Waals surface area contributed by atoms with Gasteiger partial charge >= 0.3 is 0 Å². The van der Waals surface area contributed by atoms with E-state index in [0.29, 0.717) is 53.0 Å². The van der Waals surface area contributed by atoms with E-state index < -0.39 is 10.0 Å². The molecule has 11 nitrogen and oxygen atoms in total. The first kappa shape index (κ1) is 28.9. The Labute approximate surface area is 255 Å². The lowest BCUT2D eigenvalue weighted by molar-refractivity contribution is 0.122. The van der Waals surface area contributed by atoms with Gasteiger partial charge in [-0.2, -0.15) is 5.26 Å². The number of nitrogens with two attached hydrogens (primary N) is 1. The largest absolute Gasteiger partial charge is 0.476 e. The average Bonchev–Trinajstić information content (AvgIpc) is 3.05. The van der Waals surface area contributed by atoms with Crippen LogP contribution in [0.1, 0.15) is 12.5 Å². The summed E-state index contributed by atoms with van der Waals surface area (Å²) < 4.78 is 39.8. The van der Waals surface area contributed by atoms with Crippen LogP contribution in [0, 0.1) is 11.3 Å². The number of nitrogens with zero attached hydrogens (tertiary/aromatic N) is 5. The fourth-order valence-corrected chi connectivity index (χ4v) is 6.19. The fraction of sp³-hybridized carbons (Fsp3) is 0.188. The first-order valence-electron chi connectivity index (χ1n) is 14.0. The monoisotopic (exact) mass is 607 g/mol. The number of nitrogens with one attached hydrogen (secondary N) is 1. The summed E-state index contributed by atoms with van der Waals surface area (Å²) in [5.41, 5.74) is 11.3. The molecule has 4 heterocycles. The normalized spacial score (nSPS) is 13.4. The number of nitrogen functional groups attached to an aromatic ring is 1. The van der Waals surface area contributed by atoms with Gasteiger partial charge in [-0.05, 0) is 60.5 Å². The Morgan fingerprint density at radius 3 is 2.52 bits per heavy atom. The Morgan fingerprint density at radius 1 is 1.05 bits per heavy atom. The van der Waals surface area contributed by atoms with Crippen molar-refractivity contribution in [1.82, 2.24) is 15.0 Å². The van der Waals surface area contributed by atoms with Crippen molar-refractivity contribution >= 4 is 38.1 Å². The summed E-state index contributed by atoms with van der Waals surface area (Å²) in [6, 6.07) is 20.4. The standard InChI is InChI=1S/C32H29N7O4S/c1-2-43-32-29(38-44(40,41)25-4-3-11-35-20-25)17-23(19-36-32)22-7-10-28-26(16-22)27(18-33)30(31(34)37-28)21-5-8-24(9-6-21)39-12-14-42-15-13-39/h3-11,16-17,19-20,38H,2,12-15H2,1H3,(H2,34,37). The van der Waals surface area contributed by atoms with Crippen LogP contribution < -0.4 is 20.1 Å². The lowest BCUT2D eigenvalue weighted by atomic mass is 9.95. The van der Waals surface area contributed by atoms with Gasteiger partial charge in [0, 0.05) is 53.9 Å². The van der Waals surface area contributed by atoms with Gasteiger partial charge in [0.15, 0.2) is 0 Å². The van der Waals surface area contributed by atoms with E-state index in [9.17, 15) is 13.7 Å². The van der Waals surface area contributed by atoms with Crippen molar-refractivity contribution in [2.24, 2.45) is 0 Å². The fourth-order valence-electron chi connectivity index (χ4n) is 5.18. The van der Waals surface area contributed by atoms with Gasteiger partial charge in [0.2, 0.25) is 5.88 Å². The minimum absolute atomic E-state index is 0.00592. The maximum absolute atomic E-state index is 13.1. The van der Waals surface area contributed by atoms with Crippen molar-refractivity contribution in [1.29, 1.82) is 5.26 Å². The summed E-state index contributed by atoms with van der Waals surface area (Å²) in [7, 11) is -3.96. The van der Waals surface area contributed by atoms with E-state index in [1.165, 1.54) is 18.5 Å². The number of hydrogen-bond donors (Lipinski definition) is 2.